The van der Waals surface area contributed by atoms with Crippen molar-refractivity contribution in [3.8, 4) is 27.9 Å². The maximum atomic E-state index is 6.20. The lowest BCUT2D eigenvalue weighted by Crippen LogP contribution is -1.97. The van der Waals surface area contributed by atoms with Gasteiger partial charge in [0, 0.05) is 38.7 Å². The molecule has 2 aromatic heterocycles. The third-order valence-corrected chi connectivity index (χ3v) is 9.58. The van der Waals surface area contributed by atoms with Gasteiger partial charge in [-0.05, 0) is 81.9 Å². The number of fused-ring (bicyclic) bond motifs is 9. The summed E-state index contributed by atoms with van der Waals surface area (Å²) in [7, 11) is 0. The molecule has 0 amide bonds. The van der Waals surface area contributed by atoms with Crippen LogP contribution in [0.1, 0.15) is 11.1 Å². The Labute approximate surface area is 241 Å². The van der Waals surface area contributed by atoms with E-state index in [1.54, 1.807) is 0 Å². The van der Waals surface area contributed by atoms with Crippen molar-refractivity contribution in [3.63, 3.8) is 0 Å². The molecule has 41 heavy (non-hydrogen) atoms. The van der Waals surface area contributed by atoms with Crippen LogP contribution in [0.3, 0.4) is 0 Å². The van der Waals surface area contributed by atoms with Gasteiger partial charge in [0.1, 0.15) is 11.2 Å². The van der Waals surface area contributed by atoms with Gasteiger partial charge in [-0.3, -0.25) is 0 Å². The number of aromatic nitrogens is 1. The molecule has 9 rings (SSSR count). The van der Waals surface area contributed by atoms with Crippen molar-refractivity contribution in [1.29, 1.82) is 0 Å². The first-order chi connectivity index (χ1) is 20.3. The molecule has 2 nitrogen and oxygen atoms in total. The molecule has 3 heteroatoms. The highest BCUT2D eigenvalue weighted by Crippen LogP contribution is 2.41. The first-order valence-electron chi connectivity index (χ1n) is 14.1. The van der Waals surface area contributed by atoms with Gasteiger partial charge in [0.25, 0.3) is 0 Å². The van der Waals surface area contributed by atoms with Crippen molar-refractivity contribution in [2.24, 2.45) is 0 Å². The zero-order valence-corrected chi connectivity index (χ0v) is 23.1. The molecule has 6 aromatic carbocycles. The molecule has 0 saturated carbocycles. The van der Waals surface area contributed by atoms with E-state index in [0.717, 1.165) is 22.7 Å². The number of furan rings is 1. The van der Waals surface area contributed by atoms with E-state index in [1.165, 1.54) is 71.6 Å². The van der Waals surface area contributed by atoms with Gasteiger partial charge >= 0.3 is 0 Å². The SMILES string of the molecule is c1ccc2c(c1)oc1cc(-c3ccc4c(c3)CSCc3ccc(-n5c6ccccc6c6ccccc65)cc3-4)ccc12. The Bertz CT molecular complexity index is 2250. The number of thioether (sulfide) groups is 1. The zero-order valence-electron chi connectivity index (χ0n) is 22.3. The Balaban J connectivity index is 1.18. The van der Waals surface area contributed by atoms with Gasteiger partial charge in [0.2, 0.25) is 0 Å². The molecule has 194 valence electrons. The number of hydrogen-bond donors (Lipinski definition) is 0. The Morgan fingerprint density at radius 3 is 1.98 bits per heavy atom. The molecule has 1 aliphatic rings. The summed E-state index contributed by atoms with van der Waals surface area (Å²) in [5.74, 6) is 2.01. The van der Waals surface area contributed by atoms with Crippen molar-refractivity contribution in [3.05, 3.63) is 139 Å². The minimum atomic E-state index is 0.939. The summed E-state index contributed by atoms with van der Waals surface area (Å²) in [6.07, 6.45) is 0. The molecule has 0 unspecified atom stereocenters. The molecule has 3 heterocycles. The first kappa shape index (κ1) is 23.0. The van der Waals surface area contributed by atoms with E-state index < -0.39 is 0 Å². The highest BCUT2D eigenvalue weighted by Gasteiger charge is 2.19. The largest absolute Gasteiger partial charge is 0.456 e. The quantitative estimate of drug-likeness (QED) is 0.216. The topological polar surface area (TPSA) is 18.1 Å². The summed E-state index contributed by atoms with van der Waals surface area (Å²) in [4.78, 5) is 0. The number of hydrogen-bond acceptors (Lipinski definition) is 2. The number of benzene rings is 6. The Hall–Kier alpha value is -4.73. The van der Waals surface area contributed by atoms with Gasteiger partial charge < -0.3 is 8.98 Å². The molecule has 0 aliphatic carbocycles. The Morgan fingerprint density at radius 1 is 0.488 bits per heavy atom. The maximum Gasteiger partial charge on any atom is 0.136 e. The summed E-state index contributed by atoms with van der Waals surface area (Å²) < 4.78 is 8.61. The first-order valence-corrected chi connectivity index (χ1v) is 15.2. The van der Waals surface area contributed by atoms with Crippen LogP contribution >= 0.6 is 11.8 Å². The van der Waals surface area contributed by atoms with Gasteiger partial charge in [-0.15, -0.1) is 0 Å². The lowest BCUT2D eigenvalue weighted by Gasteiger charge is -2.15. The van der Waals surface area contributed by atoms with E-state index in [4.69, 9.17) is 4.42 Å². The van der Waals surface area contributed by atoms with Gasteiger partial charge in [-0.1, -0.05) is 78.9 Å². The van der Waals surface area contributed by atoms with Gasteiger partial charge in [-0.25, -0.2) is 0 Å². The van der Waals surface area contributed by atoms with Crippen molar-refractivity contribution < 1.29 is 4.42 Å². The monoisotopic (exact) mass is 543 g/mol. The van der Waals surface area contributed by atoms with Crippen LogP contribution in [0.15, 0.2) is 132 Å². The summed E-state index contributed by atoms with van der Waals surface area (Å²) in [5.41, 5.74) is 13.4. The maximum absolute atomic E-state index is 6.20. The van der Waals surface area contributed by atoms with Crippen molar-refractivity contribution in [1.82, 2.24) is 4.57 Å². The second-order valence-corrected chi connectivity index (χ2v) is 11.9. The fourth-order valence-corrected chi connectivity index (χ4v) is 7.65. The van der Waals surface area contributed by atoms with Gasteiger partial charge in [0.05, 0.1) is 11.0 Å². The van der Waals surface area contributed by atoms with E-state index in [9.17, 15) is 0 Å². The molecule has 0 spiro atoms. The van der Waals surface area contributed by atoms with Crippen LogP contribution in [-0.4, -0.2) is 4.57 Å². The van der Waals surface area contributed by atoms with Gasteiger partial charge in [-0.2, -0.15) is 11.8 Å². The summed E-state index contributed by atoms with van der Waals surface area (Å²) in [6.45, 7) is 0. The molecule has 0 atom stereocenters. The summed E-state index contributed by atoms with van der Waals surface area (Å²) in [5, 5.41) is 4.92. The number of nitrogens with zero attached hydrogens (tertiary/aromatic N) is 1. The minimum absolute atomic E-state index is 0.939. The average Bonchev–Trinajstić information content (AvgIpc) is 3.50. The molecule has 0 N–H and O–H groups in total. The third kappa shape index (κ3) is 3.52. The molecular weight excluding hydrogens is 518 g/mol. The van der Waals surface area contributed by atoms with Crippen molar-refractivity contribution >= 4 is 55.5 Å². The number of rotatable bonds is 2. The lowest BCUT2D eigenvalue weighted by atomic mass is 9.93. The van der Waals surface area contributed by atoms with E-state index >= 15 is 0 Å². The molecular formula is C38H25NOS. The fourth-order valence-electron chi connectivity index (χ4n) is 6.61. The molecule has 8 aromatic rings. The van der Waals surface area contributed by atoms with Crippen LogP contribution < -0.4 is 0 Å². The Morgan fingerprint density at radius 2 is 1.15 bits per heavy atom. The third-order valence-electron chi connectivity index (χ3n) is 8.55. The number of para-hydroxylation sites is 3. The van der Waals surface area contributed by atoms with Crippen molar-refractivity contribution in [2.75, 3.05) is 0 Å². The van der Waals surface area contributed by atoms with Crippen LogP contribution in [-0.2, 0) is 11.5 Å². The van der Waals surface area contributed by atoms with Crippen LogP contribution in [0.25, 0.3) is 71.7 Å². The smallest absolute Gasteiger partial charge is 0.136 e. The van der Waals surface area contributed by atoms with Crippen LogP contribution in [0, 0.1) is 0 Å². The van der Waals surface area contributed by atoms with Crippen LogP contribution in [0.4, 0.5) is 0 Å². The molecule has 0 radical (unpaired) electrons. The Kier molecular flexibility index (Phi) is 4.99. The minimum Gasteiger partial charge on any atom is -0.456 e. The van der Waals surface area contributed by atoms with E-state index in [0.29, 0.717) is 0 Å². The van der Waals surface area contributed by atoms with E-state index in [2.05, 4.69) is 120 Å². The standard InChI is InChI=1S/C38H25NOS/c1-4-10-35-30(7-1)31-8-2-5-11-36(31)39(35)28-16-13-26-22-41-23-27-19-24(14-17-29(27)34(26)21-28)25-15-18-33-32-9-3-6-12-37(32)40-38(33)20-25/h1-21H,22-23H2. The average molecular weight is 544 g/mol. The van der Waals surface area contributed by atoms with E-state index in [1.807, 2.05) is 23.9 Å². The summed E-state index contributed by atoms with van der Waals surface area (Å²) in [6, 6.07) is 46.4. The van der Waals surface area contributed by atoms with E-state index in [-0.39, 0.29) is 0 Å². The predicted octanol–water partition coefficient (Wildman–Crippen LogP) is 10.8. The second-order valence-electron chi connectivity index (χ2n) is 10.9. The van der Waals surface area contributed by atoms with Crippen LogP contribution in [0.2, 0.25) is 0 Å². The fraction of sp³-hybridized carbons (Fsp3) is 0.0526. The highest BCUT2D eigenvalue weighted by atomic mass is 32.2. The predicted molar refractivity (Wildman–Crippen MR) is 174 cm³/mol. The molecule has 0 saturated heterocycles. The lowest BCUT2D eigenvalue weighted by molar-refractivity contribution is 0.669. The van der Waals surface area contributed by atoms with Gasteiger partial charge in [0.15, 0.2) is 0 Å². The normalized spacial score (nSPS) is 13.1. The second kappa shape index (κ2) is 8.89. The van der Waals surface area contributed by atoms with Crippen molar-refractivity contribution in [2.45, 2.75) is 11.5 Å². The summed E-state index contributed by atoms with van der Waals surface area (Å²) >= 11 is 1.99. The van der Waals surface area contributed by atoms with Crippen LogP contribution in [0.5, 0.6) is 0 Å². The molecule has 0 bridgehead atoms. The molecule has 1 aliphatic heterocycles. The highest BCUT2D eigenvalue weighted by molar-refractivity contribution is 7.97. The molecule has 0 fully saturated rings. The zero-order chi connectivity index (χ0) is 26.9.